The highest BCUT2D eigenvalue weighted by Gasteiger charge is 2.15. The summed E-state index contributed by atoms with van der Waals surface area (Å²) in [6.45, 7) is 0.262. The molecule has 3 aromatic carbocycles. The molecule has 0 atom stereocenters. The molecule has 0 saturated carbocycles. The highest BCUT2D eigenvalue weighted by Crippen LogP contribution is 2.36. The molecule has 2 N–H and O–H groups in total. The molecule has 0 unspecified atom stereocenters. The molecule has 3 rings (SSSR count). The number of carbonyl (C=O) groups is 2. The highest BCUT2D eigenvalue weighted by molar-refractivity contribution is 6.39. The van der Waals surface area contributed by atoms with Gasteiger partial charge in [-0.3, -0.25) is 9.59 Å². The standard InChI is InChI=1S/C24H21Cl2N3O5/c1-32-20-6-4-3-5-19(20)28-23(30)24(31)29-27-13-16-11-18(26)22(21(12-16)33-2)34-14-15-7-9-17(25)10-8-15/h3-13H,14H2,1-2H3,(H,28,30)(H,29,31)/b27-13-. The van der Waals surface area contributed by atoms with Gasteiger partial charge in [-0.2, -0.15) is 5.10 Å². The largest absolute Gasteiger partial charge is 0.495 e. The van der Waals surface area contributed by atoms with Crippen LogP contribution in [0.2, 0.25) is 10.0 Å². The van der Waals surface area contributed by atoms with Gasteiger partial charge in [0.1, 0.15) is 12.4 Å². The van der Waals surface area contributed by atoms with Crippen LogP contribution in [-0.2, 0) is 16.2 Å². The zero-order valence-corrected chi connectivity index (χ0v) is 19.8. The number of hydrogen-bond donors (Lipinski definition) is 2. The lowest BCUT2D eigenvalue weighted by atomic mass is 10.2. The van der Waals surface area contributed by atoms with Crippen molar-refractivity contribution in [3.8, 4) is 17.2 Å². The minimum atomic E-state index is -0.955. The van der Waals surface area contributed by atoms with E-state index in [-0.39, 0.29) is 11.6 Å². The summed E-state index contributed by atoms with van der Waals surface area (Å²) in [6, 6.07) is 17.2. The molecule has 3 aromatic rings. The number of nitrogens with zero attached hydrogens (tertiary/aromatic N) is 1. The Morgan fingerprint density at radius 2 is 1.65 bits per heavy atom. The van der Waals surface area contributed by atoms with Gasteiger partial charge in [-0.25, -0.2) is 5.43 Å². The monoisotopic (exact) mass is 501 g/mol. The first-order valence-corrected chi connectivity index (χ1v) is 10.7. The molecule has 0 aliphatic carbocycles. The van der Waals surface area contributed by atoms with Crippen LogP contribution in [0, 0.1) is 0 Å². The van der Waals surface area contributed by atoms with Gasteiger partial charge in [0.05, 0.1) is 31.1 Å². The van der Waals surface area contributed by atoms with E-state index >= 15 is 0 Å². The normalized spacial score (nSPS) is 10.6. The Kier molecular flexibility index (Phi) is 8.73. The predicted octanol–water partition coefficient (Wildman–Crippen LogP) is 4.68. The van der Waals surface area contributed by atoms with Crippen molar-refractivity contribution in [3.63, 3.8) is 0 Å². The van der Waals surface area contributed by atoms with E-state index in [1.54, 1.807) is 48.5 Å². The van der Waals surface area contributed by atoms with Crippen molar-refractivity contribution in [2.24, 2.45) is 5.10 Å². The third kappa shape index (κ3) is 6.63. The molecule has 8 nitrogen and oxygen atoms in total. The number of hydrogen-bond acceptors (Lipinski definition) is 6. The molecular formula is C24H21Cl2N3O5. The van der Waals surface area contributed by atoms with Crippen molar-refractivity contribution < 1.29 is 23.8 Å². The molecule has 0 radical (unpaired) electrons. The average Bonchev–Trinajstić information content (AvgIpc) is 2.84. The number of carbonyl (C=O) groups excluding carboxylic acids is 2. The molecule has 10 heteroatoms. The Morgan fingerprint density at radius 3 is 2.35 bits per heavy atom. The number of rotatable bonds is 8. The maximum Gasteiger partial charge on any atom is 0.329 e. The van der Waals surface area contributed by atoms with Crippen LogP contribution in [-0.4, -0.2) is 32.2 Å². The van der Waals surface area contributed by atoms with Crippen LogP contribution in [0.3, 0.4) is 0 Å². The van der Waals surface area contributed by atoms with E-state index in [2.05, 4.69) is 15.8 Å². The summed E-state index contributed by atoms with van der Waals surface area (Å²) >= 11 is 12.3. The minimum Gasteiger partial charge on any atom is -0.495 e. The van der Waals surface area contributed by atoms with Gasteiger partial charge in [-0.15, -0.1) is 0 Å². The van der Waals surface area contributed by atoms with Crippen LogP contribution < -0.4 is 25.0 Å². The van der Waals surface area contributed by atoms with E-state index in [1.807, 2.05) is 12.1 Å². The Hall–Kier alpha value is -3.75. The molecule has 34 heavy (non-hydrogen) atoms. The number of benzene rings is 3. The first-order valence-electron chi connectivity index (χ1n) is 9.93. The fourth-order valence-corrected chi connectivity index (χ4v) is 3.23. The van der Waals surface area contributed by atoms with Crippen molar-refractivity contribution in [2.45, 2.75) is 6.61 Å². The first kappa shape index (κ1) is 24.9. The van der Waals surface area contributed by atoms with Crippen LogP contribution in [0.25, 0.3) is 0 Å². The van der Waals surface area contributed by atoms with Gasteiger partial charge in [0.2, 0.25) is 0 Å². The Labute approximate surface area is 206 Å². The van der Waals surface area contributed by atoms with Crippen LogP contribution >= 0.6 is 23.2 Å². The highest BCUT2D eigenvalue weighted by atomic mass is 35.5. The van der Waals surface area contributed by atoms with Gasteiger partial charge < -0.3 is 19.5 Å². The molecule has 0 saturated heterocycles. The summed E-state index contributed by atoms with van der Waals surface area (Å²) in [5.41, 5.74) is 3.95. The van der Waals surface area contributed by atoms with Gasteiger partial charge in [-0.05, 0) is 47.5 Å². The molecule has 176 valence electrons. The summed E-state index contributed by atoms with van der Waals surface area (Å²) in [5.74, 6) is -0.696. The second-order valence-electron chi connectivity index (χ2n) is 6.80. The number of hydrazone groups is 1. The summed E-state index contributed by atoms with van der Waals surface area (Å²) in [4.78, 5) is 24.2. The number of anilines is 1. The van der Waals surface area contributed by atoms with Gasteiger partial charge >= 0.3 is 11.8 Å². The zero-order valence-electron chi connectivity index (χ0n) is 18.3. The third-order valence-electron chi connectivity index (χ3n) is 4.49. The number of para-hydroxylation sites is 2. The number of methoxy groups -OCH3 is 2. The van der Waals surface area contributed by atoms with E-state index in [0.29, 0.717) is 33.5 Å². The van der Waals surface area contributed by atoms with Gasteiger partial charge in [0, 0.05) is 5.02 Å². The van der Waals surface area contributed by atoms with Gasteiger partial charge in [0.25, 0.3) is 0 Å². The summed E-state index contributed by atoms with van der Waals surface area (Å²) < 4.78 is 16.3. The quantitative estimate of drug-likeness (QED) is 0.265. The number of nitrogens with one attached hydrogen (secondary N) is 2. The molecule has 0 aromatic heterocycles. The fraction of sp³-hybridized carbons (Fsp3) is 0.125. The van der Waals surface area contributed by atoms with Crippen LogP contribution in [0.15, 0.2) is 65.8 Å². The smallest absolute Gasteiger partial charge is 0.329 e. The molecule has 0 bridgehead atoms. The van der Waals surface area contributed by atoms with E-state index in [9.17, 15) is 9.59 Å². The molecule has 0 spiro atoms. The molecule has 0 aliphatic heterocycles. The second kappa shape index (κ2) is 11.9. The maximum atomic E-state index is 12.1. The SMILES string of the molecule is COc1ccccc1NC(=O)C(=O)N/N=C\c1cc(Cl)c(OCc2ccc(Cl)cc2)c(OC)c1. The molecule has 0 aliphatic rings. The summed E-state index contributed by atoms with van der Waals surface area (Å²) in [6.07, 6.45) is 1.33. The predicted molar refractivity (Wildman–Crippen MR) is 131 cm³/mol. The first-order chi connectivity index (χ1) is 16.4. The third-order valence-corrected chi connectivity index (χ3v) is 5.02. The lowest BCUT2D eigenvalue weighted by Crippen LogP contribution is -2.32. The van der Waals surface area contributed by atoms with E-state index in [0.717, 1.165) is 5.56 Å². The zero-order chi connectivity index (χ0) is 24.5. The van der Waals surface area contributed by atoms with E-state index in [4.69, 9.17) is 37.4 Å². The van der Waals surface area contributed by atoms with Crippen molar-refractivity contribution in [2.75, 3.05) is 19.5 Å². The maximum absolute atomic E-state index is 12.1. The van der Waals surface area contributed by atoms with Gasteiger partial charge in [-0.1, -0.05) is 47.5 Å². The summed E-state index contributed by atoms with van der Waals surface area (Å²) in [7, 11) is 2.94. The van der Waals surface area contributed by atoms with Crippen LogP contribution in [0.1, 0.15) is 11.1 Å². The molecule has 0 fully saturated rings. The van der Waals surface area contributed by atoms with Crippen molar-refractivity contribution in [3.05, 3.63) is 81.8 Å². The minimum absolute atomic E-state index is 0.262. The van der Waals surface area contributed by atoms with Gasteiger partial charge in [0.15, 0.2) is 11.5 Å². The Balaban J connectivity index is 1.62. The molecule has 0 heterocycles. The number of amides is 2. The lowest BCUT2D eigenvalue weighted by Gasteiger charge is -2.13. The number of halogens is 2. The topological polar surface area (TPSA) is 98.2 Å². The van der Waals surface area contributed by atoms with Crippen LogP contribution in [0.4, 0.5) is 5.69 Å². The fourth-order valence-electron chi connectivity index (χ4n) is 2.83. The van der Waals surface area contributed by atoms with Crippen molar-refractivity contribution in [1.29, 1.82) is 0 Å². The Morgan fingerprint density at radius 1 is 0.941 bits per heavy atom. The van der Waals surface area contributed by atoms with Crippen LogP contribution in [0.5, 0.6) is 17.2 Å². The number of ether oxygens (including phenoxy) is 3. The molecular weight excluding hydrogens is 481 g/mol. The molecule has 2 amide bonds. The second-order valence-corrected chi connectivity index (χ2v) is 7.65. The van der Waals surface area contributed by atoms with E-state index in [1.165, 1.54) is 20.4 Å². The van der Waals surface area contributed by atoms with Crippen molar-refractivity contribution in [1.82, 2.24) is 5.43 Å². The van der Waals surface area contributed by atoms with E-state index < -0.39 is 11.8 Å². The average molecular weight is 502 g/mol. The Bertz CT molecular complexity index is 1200. The summed E-state index contributed by atoms with van der Waals surface area (Å²) in [5, 5.41) is 7.19. The van der Waals surface area contributed by atoms with Crippen molar-refractivity contribution >= 4 is 46.9 Å². The lowest BCUT2D eigenvalue weighted by molar-refractivity contribution is -0.136.